The van der Waals surface area contributed by atoms with Crippen molar-refractivity contribution in [3.8, 4) is 0 Å². The number of hydrogen-bond acceptors (Lipinski definition) is 6. The van der Waals surface area contributed by atoms with Crippen LogP contribution in [0.4, 0.5) is 5.82 Å². The molecule has 2 fully saturated rings. The molecule has 2 aliphatic rings. The molecule has 24 heavy (non-hydrogen) atoms. The van der Waals surface area contributed by atoms with Crippen LogP contribution < -0.4 is 4.90 Å². The molecule has 1 atom stereocenters. The first-order valence-corrected chi connectivity index (χ1v) is 9.88. The Balaban J connectivity index is 1.56. The van der Waals surface area contributed by atoms with Gasteiger partial charge in [0, 0.05) is 26.2 Å². The fourth-order valence-corrected chi connectivity index (χ4v) is 5.11. The number of piperidine rings is 1. The topological polar surface area (TPSA) is 83.7 Å². The van der Waals surface area contributed by atoms with Crippen molar-refractivity contribution in [2.45, 2.75) is 43.9 Å². The fourth-order valence-electron chi connectivity index (χ4n) is 3.32. The summed E-state index contributed by atoms with van der Waals surface area (Å²) >= 11 is 0. The van der Waals surface area contributed by atoms with Crippen LogP contribution in [-0.2, 0) is 10.0 Å². The van der Waals surface area contributed by atoms with Gasteiger partial charge in [0.15, 0.2) is 11.5 Å². The van der Waals surface area contributed by atoms with Crippen LogP contribution in [0, 0.1) is 6.92 Å². The van der Waals surface area contributed by atoms with Gasteiger partial charge in [0.2, 0.25) is 10.0 Å². The third kappa shape index (κ3) is 2.65. The van der Waals surface area contributed by atoms with Gasteiger partial charge in [-0.25, -0.2) is 8.42 Å². The van der Waals surface area contributed by atoms with Crippen molar-refractivity contribution in [1.82, 2.24) is 24.1 Å². The van der Waals surface area contributed by atoms with E-state index in [1.807, 2.05) is 19.1 Å². The van der Waals surface area contributed by atoms with E-state index in [9.17, 15) is 8.42 Å². The standard InChI is InChI=1S/C15H22N6O2S/c1-11-16-17-14-7-8-15(18-21(11)14)20-9-3-4-12(10-20)19(2)24(22,23)13-5-6-13/h7-8,12-13H,3-6,9-10H2,1-2H3. The number of hydrogen-bond donors (Lipinski definition) is 0. The second kappa shape index (κ2) is 5.66. The first kappa shape index (κ1) is 15.8. The zero-order valence-electron chi connectivity index (χ0n) is 14.0. The molecule has 0 spiro atoms. The van der Waals surface area contributed by atoms with Gasteiger partial charge in [-0.2, -0.15) is 8.82 Å². The van der Waals surface area contributed by atoms with Crippen LogP contribution in [0.15, 0.2) is 12.1 Å². The van der Waals surface area contributed by atoms with Gasteiger partial charge in [0.25, 0.3) is 0 Å². The summed E-state index contributed by atoms with van der Waals surface area (Å²) in [4.78, 5) is 2.16. The van der Waals surface area contributed by atoms with Gasteiger partial charge in [-0.05, 0) is 44.7 Å². The highest BCUT2D eigenvalue weighted by molar-refractivity contribution is 7.90. The normalized spacial score (nSPS) is 22.5. The van der Waals surface area contributed by atoms with Crippen molar-refractivity contribution >= 4 is 21.5 Å². The second-order valence-corrected chi connectivity index (χ2v) is 8.98. The van der Waals surface area contributed by atoms with Gasteiger partial charge >= 0.3 is 0 Å². The molecule has 4 rings (SSSR count). The molecular weight excluding hydrogens is 328 g/mol. The van der Waals surface area contributed by atoms with E-state index in [4.69, 9.17) is 0 Å². The van der Waals surface area contributed by atoms with Gasteiger partial charge < -0.3 is 4.90 Å². The molecule has 0 amide bonds. The lowest BCUT2D eigenvalue weighted by Crippen LogP contribution is -2.49. The quantitative estimate of drug-likeness (QED) is 0.812. The van der Waals surface area contributed by atoms with Crippen LogP contribution in [0.3, 0.4) is 0 Å². The number of aromatic nitrogens is 4. The summed E-state index contributed by atoms with van der Waals surface area (Å²) in [5.41, 5.74) is 0.721. The Hall–Kier alpha value is -1.74. The maximum Gasteiger partial charge on any atom is 0.217 e. The van der Waals surface area contributed by atoms with Crippen LogP contribution >= 0.6 is 0 Å². The Kier molecular flexibility index (Phi) is 3.72. The van der Waals surface area contributed by atoms with E-state index in [2.05, 4.69) is 20.2 Å². The monoisotopic (exact) mass is 350 g/mol. The average Bonchev–Trinajstić information content (AvgIpc) is 3.39. The molecule has 3 heterocycles. The summed E-state index contributed by atoms with van der Waals surface area (Å²) in [5.74, 6) is 1.58. The minimum Gasteiger partial charge on any atom is -0.354 e. The van der Waals surface area contributed by atoms with E-state index < -0.39 is 10.0 Å². The molecule has 1 saturated heterocycles. The summed E-state index contributed by atoms with van der Waals surface area (Å²) in [6, 6.07) is 3.83. The van der Waals surface area contributed by atoms with Crippen LogP contribution in [0.1, 0.15) is 31.5 Å². The molecule has 1 saturated carbocycles. The van der Waals surface area contributed by atoms with E-state index in [-0.39, 0.29) is 11.3 Å². The molecule has 1 aliphatic carbocycles. The van der Waals surface area contributed by atoms with Crippen molar-refractivity contribution in [2.24, 2.45) is 0 Å². The molecule has 2 aromatic rings. The number of rotatable bonds is 4. The number of fused-ring (bicyclic) bond motifs is 1. The van der Waals surface area contributed by atoms with E-state index in [1.54, 1.807) is 15.9 Å². The van der Waals surface area contributed by atoms with Crippen molar-refractivity contribution in [3.05, 3.63) is 18.0 Å². The fraction of sp³-hybridized carbons (Fsp3) is 0.667. The Morgan fingerprint density at radius 2 is 2.00 bits per heavy atom. The van der Waals surface area contributed by atoms with Gasteiger partial charge in [-0.1, -0.05) is 0 Å². The number of likely N-dealkylation sites (N-methyl/N-ethyl adjacent to an activating group) is 1. The van der Waals surface area contributed by atoms with Gasteiger partial charge in [-0.3, -0.25) is 0 Å². The summed E-state index contributed by atoms with van der Waals surface area (Å²) in [5, 5.41) is 12.5. The second-order valence-electron chi connectivity index (χ2n) is 6.71. The van der Waals surface area contributed by atoms with E-state index in [0.29, 0.717) is 6.54 Å². The number of aryl methyl sites for hydroxylation is 1. The third-order valence-corrected chi connectivity index (χ3v) is 7.40. The lowest BCUT2D eigenvalue weighted by Gasteiger charge is -2.37. The molecule has 0 radical (unpaired) electrons. The maximum absolute atomic E-state index is 12.5. The molecule has 1 unspecified atom stereocenters. The van der Waals surface area contributed by atoms with Crippen molar-refractivity contribution in [3.63, 3.8) is 0 Å². The molecule has 0 N–H and O–H groups in total. The Morgan fingerprint density at radius 1 is 1.21 bits per heavy atom. The minimum absolute atomic E-state index is 0.00357. The molecule has 2 aromatic heterocycles. The Bertz CT molecular complexity index is 860. The van der Waals surface area contributed by atoms with Crippen molar-refractivity contribution < 1.29 is 8.42 Å². The molecule has 9 heteroatoms. The van der Waals surface area contributed by atoms with Gasteiger partial charge in [-0.15, -0.1) is 15.3 Å². The van der Waals surface area contributed by atoms with Crippen molar-refractivity contribution in [1.29, 1.82) is 0 Å². The van der Waals surface area contributed by atoms with Gasteiger partial charge in [0.05, 0.1) is 5.25 Å². The maximum atomic E-state index is 12.5. The number of sulfonamides is 1. The van der Waals surface area contributed by atoms with Crippen LogP contribution in [0.5, 0.6) is 0 Å². The highest BCUT2D eigenvalue weighted by Crippen LogP contribution is 2.32. The summed E-state index contributed by atoms with van der Waals surface area (Å²) in [6.45, 7) is 3.42. The molecule has 1 aliphatic heterocycles. The molecule has 130 valence electrons. The Morgan fingerprint density at radius 3 is 2.75 bits per heavy atom. The highest BCUT2D eigenvalue weighted by Gasteiger charge is 2.41. The zero-order chi connectivity index (χ0) is 16.9. The van der Waals surface area contributed by atoms with Gasteiger partial charge in [0.1, 0.15) is 5.82 Å². The number of nitrogens with zero attached hydrogens (tertiary/aromatic N) is 6. The zero-order valence-corrected chi connectivity index (χ0v) is 14.8. The smallest absolute Gasteiger partial charge is 0.217 e. The molecular formula is C15H22N6O2S. The average molecular weight is 350 g/mol. The highest BCUT2D eigenvalue weighted by atomic mass is 32.2. The van der Waals surface area contributed by atoms with E-state index in [1.165, 1.54) is 0 Å². The molecule has 0 aromatic carbocycles. The predicted molar refractivity (Wildman–Crippen MR) is 90.5 cm³/mol. The van der Waals surface area contributed by atoms with Crippen LogP contribution in [-0.4, -0.2) is 64.0 Å². The SMILES string of the molecule is Cc1nnc2ccc(N3CCCC(N(C)S(=O)(=O)C4CC4)C3)nn12. The minimum atomic E-state index is -3.14. The molecule has 8 nitrogen and oxygen atoms in total. The molecule has 0 bridgehead atoms. The van der Waals surface area contributed by atoms with Crippen LogP contribution in [0.25, 0.3) is 5.65 Å². The van der Waals surface area contributed by atoms with E-state index >= 15 is 0 Å². The van der Waals surface area contributed by atoms with E-state index in [0.717, 1.165) is 49.5 Å². The first-order valence-electron chi connectivity index (χ1n) is 8.37. The summed E-state index contributed by atoms with van der Waals surface area (Å²) in [7, 11) is -1.42. The third-order valence-electron chi connectivity index (χ3n) is 4.99. The Labute approximate surface area is 141 Å². The summed E-state index contributed by atoms with van der Waals surface area (Å²) < 4.78 is 28.3. The lowest BCUT2D eigenvalue weighted by atomic mass is 10.1. The summed E-state index contributed by atoms with van der Waals surface area (Å²) in [6.07, 6.45) is 3.45. The largest absolute Gasteiger partial charge is 0.354 e. The predicted octanol–water partition coefficient (Wildman–Crippen LogP) is 0.826. The van der Waals surface area contributed by atoms with Crippen LogP contribution in [0.2, 0.25) is 0 Å². The number of anilines is 1. The first-order chi connectivity index (χ1) is 11.5. The lowest BCUT2D eigenvalue weighted by molar-refractivity contribution is 0.318. The van der Waals surface area contributed by atoms with Crippen molar-refractivity contribution in [2.75, 3.05) is 25.0 Å².